The summed E-state index contributed by atoms with van der Waals surface area (Å²) in [4.78, 5) is 36.0. The number of hydrogen-bond donors (Lipinski definition) is 2. The second-order valence-electron chi connectivity index (χ2n) is 6.98. The van der Waals surface area contributed by atoms with Gasteiger partial charge in [0.25, 0.3) is 0 Å². The molecular formula is C26H31N5O3. The highest BCUT2D eigenvalue weighted by atomic mass is 16.5. The third-order valence-corrected chi connectivity index (χ3v) is 4.84. The standard InChI is InChI=1S/C26H31N5O3/c1-7-13-20(14-8-2)31(17-32)25-23(24(27-5)30-28-6)22(19-15-11-10-12-16-19)21(18(4)29-25)26(33)34-9-3/h7-8,10-17,28H,1,9H2,2-6H3,(H,27,30)/b14-8-,20-13+. The molecule has 1 aromatic carbocycles. The number of pyridine rings is 1. The van der Waals surface area contributed by atoms with Gasteiger partial charge in [-0.15, -0.1) is 0 Å². The van der Waals surface area contributed by atoms with Gasteiger partial charge < -0.3 is 10.2 Å². The highest BCUT2D eigenvalue weighted by Gasteiger charge is 2.30. The lowest BCUT2D eigenvalue weighted by Crippen LogP contribution is -2.37. The average Bonchev–Trinajstić information content (AvgIpc) is 2.84. The maximum Gasteiger partial charge on any atom is 0.340 e. The molecule has 0 aliphatic rings. The Labute approximate surface area is 200 Å². The van der Waals surface area contributed by atoms with E-state index in [-0.39, 0.29) is 6.61 Å². The van der Waals surface area contributed by atoms with E-state index < -0.39 is 5.97 Å². The molecule has 0 atom stereocenters. The average molecular weight is 462 g/mol. The van der Waals surface area contributed by atoms with Crippen LogP contribution in [0.5, 0.6) is 0 Å². The number of hydrogen-bond acceptors (Lipinski definition) is 6. The monoisotopic (exact) mass is 461 g/mol. The van der Waals surface area contributed by atoms with Gasteiger partial charge in [-0.2, -0.15) is 0 Å². The second kappa shape index (κ2) is 12.9. The zero-order valence-corrected chi connectivity index (χ0v) is 20.3. The van der Waals surface area contributed by atoms with Gasteiger partial charge in [0.15, 0.2) is 5.82 Å². The molecule has 2 rings (SSSR count). The Kier molecular flexibility index (Phi) is 9.91. The van der Waals surface area contributed by atoms with Crippen LogP contribution in [0.15, 0.2) is 71.9 Å². The fraction of sp³-hybridized carbons (Fsp3) is 0.231. The Morgan fingerprint density at radius 1 is 1.26 bits per heavy atom. The molecule has 8 heteroatoms. The molecule has 0 fully saturated rings. The van der Waals surface area contributed by atoms with Crippen molar-refractivity contribution in [1.82, 2.24) is 15.8 Å². The van der Waals surface area contributed by atoms with Crippen LogP contribution in [0.4, 0.5) is 5.82 Å². The highest BCUT2D eigenvalue weighted by Crippen LogP contribution is 2.36. The van der Waals surface area contributed by atoms with E-state index in [0.29, 0.717) is 46.1 Å². The summed E-state index contributed by atoms with van der Waals surface area (Å²) in [7, 11) is 3.31. The first-order valence-electron chi connectivity index (χ1n) is 10.9. The Balaban J connectivity index is 3.12. The first kappa shape index (κ1) is 26.2. The Bertz CT molecular complexity index is 1120. The van der Waals surface area contributed by atoms with Crippen LogP contribution < -0.4 is 15.8 Å². The van der Waals surface area contributed by atoms with E-state index in [1.54, 1.807) is 46.2 Å². The number of nitrogens with one attached hydrogen (secondary N) is 2. The molecule has 2 N–H and O–H groups in total. The molecule has 0 saturated carbocycles. The quantitative estimate of drug-likeness (QED) is 0.139. The number of benzene rings is 1. The van der Waals surface area contributed by atoms with Gasteiger partial charge in [-0.05, 0) is 38.5 Å². The van der Waals surface area contributed by atoms with Crippen molar-refractivity contribution in [2.45, 2.75) is 20.8 Å². The topological polar surface area (TPSA) is 95.9 Å². The van der Waals surface area contributed by atoms with E-state index in [4.69, 9.17) is 9.72 Å². The van der Waals surface area contributed by atoms with E-state index in [1.807, 2.05) is 43.3 Å². The van der Waals surface area contributed by atoms with E-state index in [9.17, 15) is 9.59 Å². The molecule has 1 aromatic heterocycles. The van der Waals surface area contributed by atoms with E-state index in [1.165, 1.54) is 4.90 Å². The number of hydrazine groups is 1. The molecule has 34 heavy (non-hydrogen) atoms. The Hall–Kier alpha value is -4.04. The van der Waals surface area contributed by atoms with Crippen molar-refractivity contribution in [3.63, 3.8) is 0 Å². The minimum absolute atomic E-state index is 0.209. The molecule has 0 saturated heterocycles. The van der Waals surface area contributed by atoms with Gasteiger partial charge in [-0.1, -0.05) is 49.1 Å². The van der Waals surface area contributed by atoms with Gasteiger partial charge in [-0.25, -0.2) is 15.2 Å². The highest BCUT2D eigenvalue weighted by molar-refractivity contribution is 6.14. The molecule has 0 bridgehead atoms. The lowest BCUT2D eigenvalue weighted by molar-refractivity contribution is -0.107. The fourth-order valence-electron chi connectivity index (χ4n) is 3.52. The SMILES string of the molecule is C=C/C=C(\C=C/C)N(C=O)c1nc(C)c(C(=O)OCC)c(-c2ccccc2)c1C(=NC)NNC. The minimum atomic E-state index is -0.507. The molecule has 0 unspecified atom stereocenters. The fourth-order valence-corrected chi connectivity index (χ4v) is 3.52. The van der Waals surface area contributed by atoms with Crippen molar-refractivity contribution >= 4 is 24.0 Å². The van der Waals surface area contributed by atoms with Crippen molar-refractivity contribution in [2.24, 2.45) is 4.99 Å². The number of ether oxygens (including phenoxy) is 1. The van der Waals surface area contributed by atoms with E-state index in [2.05, 4.69) is 22.4 Å². The van der Waals surface area contributed by atoms with Gasteiger partial charge >= 0.3 is 5.97 Å². The Morgan fingerprint density at radius 2 is 1.97 bits per heavy atom. The number of allylic oxidation sites excluding steroid dienone is 4. The summed E-state index contributed by atoms with van der Waals surface area (Å²) in [5.41, 5.74) is 8.90. The largest absolute Gasteiger partial charge is 0.462 e. The number of aliphatic imine (C=N–C) groups is 1. The van der Waals surface area contributed by atoms with Gasteiger partial charge in [0, 0.05) is 25.4 Å². The lowest BCUT2D eigenvalue weighted by Gasteiger charge is -2.26. The zero-order valence-electron chi connectivity index (χ0n) is 20.3. The summed E-state index contributed by atoms with van der Waals surface area (Å²) >= 11 is 0. The predicted octanol–water partition coefficient (Wildman–Crippen LogP) is 3.94. The predicted molar refractivity (Wildman–Crippen MR) is 137 cm³/mol. The summed E-state index contributed by atoms with van der Waals surface area (Å²) in [6, 6.07) is 9.40. The number of carbonyl (C=O) groups is 2. The van der Waals surface area contributed by atoms with E-state index in [0.717, 1.165) is 5.56 Å². The molecule has 0 radical (unpaired) electrons. The van der Waals surface area contributed by atoms with Crippen LogP contribution in [0, 0.1) is 6.92 Å². The van der Waals surface area contributed by atoms with Gasteiger partial charge in [0.2, 0.25) is 6.41 Å². The van der Waals surface area contributed by atoms with Crippen LogP contribution >= 0.6 is 0 Å². The molecule has 0 aliphatic heterocycles. The first-order chi connectivity index (χ1) is 16.5. The number of nitrogens with zero attached hydrogens (tertiary/aromatic N) is 3. The van der Waals surface area contributed by atoms with Crippen LogP contribution in [-0.2, 0) is 9.53 Å². The molecule has 178 valence electrons. The summed E-state index contributed by atoms with van der Waals surface area (Å²) in [5, 5.41) is 0. The number of aryl methyl sites for hydroxylation is 1. The summed E-state index contributed by atoms with van der Waals surface area (Å²) < 4.78 is 5.38. The van der Waals surface area contributed by atoms with Crippen LogP contribution in [0.2, 0.25) is 0 Å². The van der Waals surface area contributed by atoms with Gasteiger partial charge in [-0.3, -0.25) is 14.7 Å². The second-order valence-corrected chi connectivity index (χ2v) is 6.98. The molecule has 0 aliphatic carbocycles. The van der Waals surface area contributed by atoms with Crippen LogP contribution in [0.1, 0.15) is 35.5 Å². The summed E-state index contributed by atoms with van der Waals surface area (Å²) in [6.45, 7) is 9.28. The smallest absolute Gasteiger partial charge is 0.340 e. The zero-order chi connectivity index (χ0) is 25.1. The van der Waals surface area contributed by atoms with Crippen molar-refractivity contribution in [3.05, 3.63) is 83.7 Å². The minimum Gasteiger partial charge on any atom is -0.462 e. The molecule has 8 nitrogen and oxygen atoms in total. The number of carbonyl (C=O) groups excluding carboxylic acids is 2. The Morgan fingerprint density at radius 3 is 2.50 bits per heavy atom. The number of amides is 1. The van der Waals surface area contributed by atoms with Crippen molar-refractivity contribution in [2.75, 3.05) is 25.6 Å². The van der Waals surface area contributed by atoms with Crippen molar-refractivity contribution in [3.8, 4) is 11.1 Å². The number of aromatic nitrogens is 1. The molecule has 1 heterocycles. The maximum absolute atomic E-state index is 13.1. The lowest BCUT2D eigenvalue weighted by atomic mass is 9.92. The number of amidine groups is 1. The summed E-state index contributed by atoms with van der Waals surface area (Å²) in [5.74, 6) is 0.181. The van der Waals surface area contributed by atoms with Crippen LogP contribution in [-0.4, -0.2) is 43.9 Å². The van der Waals surface area contributed by atoms with Crippen molar-refractivity contribution in [1.29, 1.82) is 0 Å². The third kappa shape index (κ3) is 5.65. The van der Waals surface area contributed by atoms with E-state index >= 15 is 0 Å². The molecule has 0 spiro atoms. The van der Waals surface area contributed by atoms with Gasteiger partial charge in [0.1, 0.15) is 5.84 Å². The number of rotatable bonds is 10. The molecule has 1 amide bonds. The first-order valence-corrected chi connectivity index (χ1v) is 10.9. The van der Waals surface area contributed by atoms with Crippen molar-refractivity contribution < 1.29 is 14.3 Å². The molecular weight excluding hydrogens is 430 g/mol. The third-order valence-electron chi connectivity index (χ3n) is 4.84. The summed E-state index contributed by atoms with van der Waals surface area (Å²) in [6.07, 6.45) is 7.54. The molecule has 2 aromatic rings. The maximum atomic E-state index is 13.1. The number of anilines is 1. The van der Waals surface area contributed by atoms with Crippen LogP contribution in [0.3, 0.4) is 0 Å². The normalized spacial score (nSPS) is 11.9. The van der Waals surface area contributed by atoms with Crippen LogP contribution in [0.25, 0.3) is 11.1 Å². The number of esters is 1. The van der Waals surface area contributed by atoms with Gasteiger partial charge in [0.05, 0.1) is 23.4 Å².